The van der Waals surface area contributed by atoms with Gasteiger partial charge in [-0.15, -0.1) is 0 Å². The molecule has 0 bridgehead atoms. The minimum absolute atomic E-state index is 0.236. The number of carbonyl (C=O) groups excluding carboxylic acids is 2. The van der Waals surface area contributed by atoms with Crippen molar-refractivity contribution in [2.45, 2.75) is 19.8 Å². The van der Waals surface area contributed by atoms with Crippen molar-refractivity contribution < 1.29 is 24.1 Å². The Morgan fingerprint density at radius 2 is 1.94 bits per heavy atom. The van der Waals surface area contributed by atoms with Gasteiger partial charge in [-0.1, -0.05) is 6.08 Å². The maximum absolute atomic E-state index is 11.0. The molecule has 0 N–H and O–H groups in total. The molecule has 0 aromatic rings. The van der Waals surface area contributed by atoms with Crippen LogP contribution in [0.4, 0.5) is 4.79 Å². The zero-order valence-corrected chi connectivity index (χ0v) is 9.89. The highest BCUT2D eigenvalue weighted by Gasteiger charge is 2.13. The lowest BCUT2D eigenvalue weighted by atomic mass is 10.4. The molecule has 0 amide bonds. The molecule has 0 aromatic carbocycles. The summed E-state index contributed by atoms with van der Waals surface area (Å²) < 4.78 is 4.73. The second kappa shape index (κ2) is 7.67. The maximum Gasteiger partial charge on any atom is 0.549 e. The van der Waals surface area contributed by atoms with Crippen LogP contribution in [0.3, 0.4) is 0 Å². The molecule has 0 atom stereocenters. The molecule has 1 heterocycles. The molecule has 1 rings (SSSR count). The van der Waals surface area contributed by atoms with Gasteiger partial charge in [-0.05, 0) is 32.9 Å². The van der Waals surface area contributed by atoms with Crippen molar-refractivity contribution >= 4 is 12.1 Å². The van der Waals surface area contributed by atoms with Gasteiger partial charge in [-0.3, -0.25) is 4.90 Å². The van der Waals surface area contributed by atoms with Gasteiger partial charge < -0.3 is 4.74 Å². The van der Waals surface area contributed by atoms with E-state index < -0.39 is 12.1 Å². The average molecular weight is 243 g/mol. The molecule has 6 heteroatoms. The first-order valence-electron chi connectivity index (χ1n) is 5.62. The number of ether oxygens (including phenoxy) is 1. The minimum atomic E-state index is -0.998. The van der Waals surface area contributed by atoms with E-state index in [4.69, 9.17) is 4.74 Å². The van der Waals surface area contributed by atoms with Crippen LogP contribution in [-0.2, 0) is 19.3 Å². The van der Waals surface area contributed by atoms with Crippen LogP contribution in [0.15, 0.2) is 12.2 Å². The van der Waals surface area contributed by atoms with Crippen LogP contribution in [-0.4, -0.2) is 43.3 Å². The molecule has 17 heavy (non-hydrogen) atoms. The van der Waals surface area contributed by atoms with Crippen LogP contribution >= 0.6 is 0 Å². The zero-order valence-electron chi connectivity index (χ0n) is 9.89. The monoisotopic (exact) mass is 243 g/mol. The van der Waals surface area contributed by atoms with Crippen LogP contribution in [0, 0.1) is 0 Å². The predicted octanol–water partition coefficient (Wildman–Crippen LogP) is 1.27. The third-order valence-corrected chi connectivity index (χ3v) is 2.32. The van der Waals surface area contributed by atoms with E-state index in [0.29, 0.717) is 6.54 Å². The normalized spacial score (nSPS) is 16.1. The molecule has 1 aliphatic rings. The first-order valence-corrected chi connectivity index (χ1v) is 5.62. The number of carbonyl (C=O) groups is 2. The van der Waals surface area contributed by atoms with E-state index in [9.17, 15) is 9.59 Å². The predicted molar refractivity (Wildman–Crippen MR) is 59.0 cm³/mol. The first-order chi connectivity index (χ1) is 8.22. The summed E-state index contributed by atoms with van der Waals surface area (Å²) in [6.07, 6.45) is 3.99. The van der Waals surface area contributed by atoms with Crippen LogP contribution < -0.4 is 0 Å². The SMILES string of the molecule is C/C=C\C(=O)OOC(=O)OCCN1CCCC1. The Bertz CT molecular complexity index is 284. The number of hydrogen-bond acceptors (Lipinski definition) is 6. The van der Waals surface area contributed by atoms with E-state index in [0.717, 1.165) is 19.2 Å². The molecule has 1 fully saturated rings. The fourth-order valence-electron chi connectivity index (χ4n) is 1.53. The summed E-state index contributed by atoms with van der Waals surface area (Å²) >= 11 is 0. The Labute approximate surface area is 100 Å². The van der Waals surface area contributed by atoms with Crippen molar-refractivity contribution in [1.29, 1.82) is 0 Å². The number of rotatable bonds is 4. The van der Waals surface area contributed by atoms with Crippen molar-refractivity contribution in [2.24, 2.45) is 0 Å². The van der Waals surface area contributed by atoms with Gasteiger partial charge in [0, 0.05) is 12.6 Å². The van der Waals surface area contributed by atoms with Gasteiger partial charge in [0.05, 0.1) is 0 Å². The Hall–Kier alpha value is -1.56. The number of allylic oxidation sites excluding steroid dienone is 1. The van der Waals surface area contributed by atoms with E-state index in [2.05, 4.69) is 14.7 Å². The summed E-state index contributed by atoms with van der Waals surface area (Å²) in [5.41, 5.74) is 0. The van der Waals surface area contributed by atoms with Gasteiger partial charge in [-0.25, -0.2) is 14.6 Å². The van der Waals surface area contributed by atoms with Gasteiger partial charge in [0.25, 0.3) is 0 Å². The quantitative estimate of drug-likeness (QED) is 0.320. The summed E-state index contributed by atoms with van der Waals surface area (Å²) in [6, 6.07) is 0. The third-order valence-electron chi connectivity index (χ3n) is 2.32. The largest absolute Gasteiger partial charge is 0.549 e. The van der Waals surface area contributed by atoms with Gasteiger partial charge in [-0.2, -0.15) is 4.79 Å². The Morgan fingerprint density at radius 3 is 2.59 bits per heavy atom. The number of nitrogens with zero attached hydrogens (tertiary/aromatic N) is 1. The lowest BCUT2D eigenvalue weighted by Crippen LogP contribution is -2.25. The minimum Gasteiger partial charge on any atom is -0.430 e. The highest BCUT2D eigenvalue weighted by Crippen LogP contribution is 2.06. The van der Waals surface area contributed by atoms with E-state index >= 15 is 0 Å². The summed E-state index contributed by atoms with van der Waals surface area (Å²) in [5.74, 6) is -0.746. The van der Waals surface area contributed by atoms with Crippen molar-refractivity contribution in [3.8, 4) is 0 Å². The highest BCUT2D eigenvalue weighted by atomic mass is 17.2. The van der Waals surface area contributed by atoms with E-state index in [1.807, 2.05) is 0 Å². The highest BCUT2D eigenvalue weighted by molar-refractivity contribution is 5.81. The molecule has 96 valence electrons. The average Bonchev–Trinajstić information content (AvgIpc) is 2.80. The summed E-state index contributed by atoms with van der Waals surface area (Å²) in [4.78, 5) is 32.2. The number of hydrogen-bond donors (Lipinski definition) is 0. The zero-order chi connectivity index (χ0) is 12.5. The van der Waals surface area contributed by atoms with Crippen LogP contribution in [0.25, 0.3) is 0 Å². The van der Waals surface area contributed by atoms with Crippen LogP contribution in [0.2, 0.25) is 0 Å². The van der Waals surface area contributed by atoms with Crippen molar-refractivity contribution in [1.82, 2.24) is 4.90 Å². The molecule has 0 aromatic heterocycles. The van der Waals surface area contributed by atoms with Crippen LogP contribution in [0.5, 0.6) is 0 Å². The van der Waals surface area contributed by atoms with E-state index in [1.54, 1.807) is 6.92 Å². The van der Waals surface area contributed by atoms with Gasteiger partial charge in [0.2, 0.25) is 0 Å². The van der Waals surface area contributed by atoms with Crippen molar-refractivity contribution in [2.75, 3.05) is 26.2 Å². The van der Waals surface area contributed by atoms with E-state index in [1.165, 1.54) is 18.9 Å². The molecule has 6 nitrogen and oxygen atoms in total. The summed E-state index contributed by atoms with van der Waals surface area (Å²) in [5, 5.41) is 0. The number of likely N-dealkylation sites (tertiary alicyclic amines) is 1. The second-order valence-electron chi connectivity index (χ2n) is 3.63. The fraction of sp³-hybridized carbons (Fsp3) is 0.636. The third kappa shape index (κ3) is 5.91. The lowest BCUT2D eigenvalue weighted by molar-refractivity contribution is -0.238. The van der Waals surface area contributed by atoms with Crippen molar-refractivity contribution in [3.63, 3.8) is 0 Å². The molecule has 0 aliphatic carbocycles. The second-order valence-corrected chi connectivity index (χ2v) is 3.63. The molecule has 0 radical (unpaired) electrons. The molecule has 1 saturated heterocycles. The molecular weight excluding hydrogens is 226 g/mol. The molecular formula is C11H17NO5. The fourth-order valence-corrected chi connectivity index (χ4v) is 1.53. The van der Waals surface area contributed by atoms with Crippen molar-refractivity contribution in [3.05, 3.63) is 12.2 Å². The Morgan fingerprint density at radius 1 is 1.24 bits per heavy atom. The van der Waals surface area contributed by atoms with Gasteiger partial charge in [0.1, 0.15) is 6.61 Å². The maximum atomic E-state index is 11.0. The summed E-state index contributed by atoms with van der Waals surface area (Å²) in [6.45, 7) is 4.64. The summed E-state index contributed by atoms with van der Waals surface area (Å²) in [7, 11) is 0. The van der Waals surface area contributed by atoms with Crippen LogP contribution in [0.1, 0.15) is 19.8 Å². The molecule has 1 aliphatic heterocycles. The van der Waals surface area contributed by atoms with Gasteiger partial charge in [0.15, 0.2) is 0 Å². The van der Waals surface area contributed by atoms with Gasteiger partial charge >= 0.3 is 12.1 Å². The first kappa shape index (κ1) is 13.5. The Balaban J connectivity index is 2.02. The molecule has 0 saturated carbocycles. The van der Waals surface area contributed by atoms with E-state index in [-0.39, 0.29) is 6.61 Å². The molecule has 0 unspecified atom stereocenters. The topological polar surface area (TPSA) is 65.1 Å². The smallest absolute Gasteiger partial charge is 0.430 e. The standard InChI is InChI=1S/C11H17NO5/c1-2-5-10(13)16-17-11(14)15-9-8-12-6-3-4-7-12/h2,5H,3-4,6-9H2,1H3/b5-2-. The Kier molecular flexibility index (Phi) is 6.09. The lowest BCUT2D eigenvalue weighted by Gasteiger charge is -2.13. The molecule has 0 spiro atoms.